The molecule has 1 fully saturated rings. The summed E-state index contributed by atoms with van der Waals surface area (Å²) in [6, 6.07) is 5.33. The number of benzene rings is 1. The van der Waals surface area contributed by atoms with Crippen LogP contribution in [-0.2, 0) is 26.2 Å². The van der Waals surface area contributed by atoms with Gasteiger partial charge in [0.15, 0.2) is 5.71 Å². The molecule has 160 valence electrons. The number of hydrogen-bond donors (Lipinski definition) is 1. The molecule has 0 unspecified atom stereocenters. The van der Waals surface area contributed by atoms with E-state index in [4.69, 9.17) is 4.84 Å². The van der Waals surface area contributed by atoms with Gasteiger partial charge in [0, 0.05) is 12.6 Å². The lowest BCUT2D eigenvalue weighted by atomic mass is 9.91. The average Bonchev–Trinajstić information content (AvgIpc) is 2.60. The van der Waals surface area contributed by atoms with Crippen LogP contribution in [-0.4, -0.2) is 43.6 Å². The third kappa shape index (κ3) is 4.89. The first kappa shape index (κ1) is 22.7. The first-order valence-corrected chi connectivity index (χ1v) is 10.1. The van der Waals surface area contributed by atoms with E-state index in [2.05, 4.69) is 5.16 Å². The number of oxime groups is 1. The van der Waals surface area contributed by atoms with Gasteiger partial charge in [0.1, 0.15) is 7.11 Å². The highest BCUT2D eigenvalue weighted by atomic mass is 32.2. The minimum Gasteiger partial charge on any atom is -0.398 e. The second-order valence-electron chi connectivity index (χ2n) is 6.80. The molecule has 1 aromatic rings. The van der Waals surface area contributed by atoms with Crippen LogP contribution in [0.3, 0.4) is 0 Å². The van der Waals surface area contributed by atoms with Crippen molar-refractivity contribution in [3.05, 3.63) is 41.0 Å². The van der Waals surface area contributed by atoms with Gasteiger partial charge in [0.05, 0.1) is 5.69 Å². The SMILES string of the molecule is CO/N=C1\C(=O)N(Cc2ccccc2NS(=O)(=O)C(F)(F)F)[C@H](C)CC1=C(C)C. The summed E-state index contributed by atoms with van der Waals surface area (Å²) >= 11 is 0. The average molecular weight is 433 g/mol. The summed E-state index contributed by atoms with van der Waals surface area (Å²) in [5, 5.41) is 3.82. The summed E-state index contributed by atoms with van der Waals surface area (Å²) in [5.41, 5.74) is -3.71. The number of rotatable bonds is 5. The summed E-state index contributed by atoms with van der Waals surface area (Å²) in [6.07, 6.45) is 0.479. The Bertz CT molecular complexity index is 951. The molecule has 7 nitrogen and oxygen atoms in total. The second-order valence-corrected chi connectivity index (χ2v) is 8.47. The zero-order valence-corrected chi connectivity index (χ0v) is 17.2. The van der Waals surface area contributed by atoms with E-state index in [1.807, 2.05) is 13.8 Å². The highest BCUT2D eigenvalue weighted by molar-refractivity contribution is 7.93. The van der Waals surface area contributed by atoms with Gasteiger partial charge in [-0.3, -0.25) is 9.52 Å². The molecule has 0 bridgehead atoms. The van der Waals surface area contributed by atoms with Crippen LogP contribution in [0.1, 0.15) is 32.8 Å². The van der Waals surface area contributed by atoms with E-state index in [0.717, 1.165) is 11.1 Å². The summed E-state index contributed by atoms with van der Waals surface area (Å²) in [4.78, 5) is 19.2. The van der Waals surface area contributed by atoms with Gasteiger partial charge in [-0.2, -0.15) is 21.6 Å². The Kier molecular flexibility index (Phi) is 6.61. The van der Waals surface area contributed by atoms with Crippen molar-refractivity contribution in [2.75, 3.05) is 11.8 Å². The lowest BCUT2D eigenvalue weighted by Crippen LogP contribution is -2.48. The number of amides is 1. The molecule has 1 amide bonds. The Morgan fingerprint density at radius 2 is 1.93 bits per heavy atom. The van der Waals surface area contributed by atoms with Crippen molar-refractivity contribution in [2.45, 2.75) is 45.3 Å². The number of sulfonamides is 1. The monoisotopic (exact) mass is 433 g/mol. The number of halogens is 3. The Labute approximate surface area is 167 Å². The minimum atomic E-state index is -5.59. The quantitative estimate of drug-likeness (QED) is 0.721. The number of carbonyl (C=O) groups excluding carboxylic acids is 1. The van der Waals surface area contributed by atoms with E-state index in [9.17, 15) is 26.4 Å². The van der Waals surface area contributed by atoms with Gasteiger partial charge < -0.3 is 9.74 Å². The highest BCUT2D eigenvalue weighted by Gasteiger charge is 2.46. The molecule has 0 aliphatic carbocycles. The summed E-state index contributed by atoms with van der Waals surface area (Å²) in [5.74, 6) is -0.449. The molecule has 29 heavy (non-hydrogen) atoms. The number of hydrogen-bond acceptors (Lipinski definition) is 5. The lowest BCUT2D eigenvalue weighted by Gasteiger charge is -2.36. The molecular formula is C18H22F3N3O4S. The third-order valence-corrected chi connectivity index (χ3v) is 5.57. The number of allylic oxidation sites excluding steroid dienone is 1. The molecule has 1 aliphatic heterocycles. The predicted octanol–water partition coefficient (Wildman–Crippen LogP) is 3.41. The number of nitrogens with zero attached hydrogens (tertiary/aromatic N) is 2. The number of para-hydroxylation sites is 1. The zero-order valence-electron chi connectivity index (χ0n) is 16.4. The molecule has 11 heteroatoms. The molecule has 1 heterocycles. The van der Waals surface area contributed by atoms with E-state index >= 15 is 0 Å². The maximum atomic E-state index is 13.0. The molecule has 1 atom stereocenters. The van der Waals surface area contributed by atoms with Crippen LogP contribution in [0.15, 0.2) is 40.6 Å². The molecule has 0 radical (unpaired) electrons. The Balaban J connectivity index is 2.39. The van der Waals surface area contributed by atoms with Gasteiger partial charge in [-0.25, -0.2) is 0 Å². The highest BCUT2D eigenvalue weighted by Crippen LogP contribution is 2.30. The van der Waals surface area contributed by atoms with Gasteiger partial charge in [-0.1, -0.05) is 28.9 Å². The Morgan fingerprint density at radius 1 is 1.31 bits per heavy atom. The van der Waals surface area contributed by atoms with Gasteiger partial charge in [0.2, 0.25) is 0 Å². The van der Waals surface area contributed by atoms with Gasteiger partial charge >= 0.3 is 15.5 Å². The summed E-state index contributed by atoms with van der Waals surface area (Å²) < 4.78 is 62.8. The van der Waals surface area contributed by atoms with Crippen molar-refractivity contribution >= 4 is 27.3 Å². The van der Waals surface area contributed by atoms with Crippen molar-refractivity contribution in [1.82, 2.24) is 4.90 Å². The van der Waals surface area contributed by atoms with Crippen LogP contribution in [0.2, 0.25) is 0 Å². The zero-order chi connectivity index (χ0) is 22.0. The van der Waals surface area contributed by atoms with Crippen molar-refractivity contribution in [3.63, 3.8) is 0 Å². The number of carbonyl (C=O) groups is 1. The number of piperidine rings is 1. The first-order chi connectivity index (χ1) is 13.4. The Morgan fingerprint density at radius 3 is 2.48 bits per heavy atom. The van der Waals surface area contributed by atoms with E-state index < -0.39 is 21.4 Å². The number of likely N-dealkylation sites (tertiary alicyclic amines) is 1. The minimum absolute atomic E-state index is 0.102. The smallest absolute Gasteiger partial charge is 0.398 e. The van der Waals surface area contributed by atoms with Crippen LogP contribution >= 0.6 is 0 Å². The van der Waals surface area contributed by atoms with Crippen LogP contribution in [0.25, 0.3) is 0 Å². The van der Waals surface area contributed by atoms with Crippen LogP contribution in [0.4, 0.5) is 18.9 Å². The van der Waals surface area contributed by atoms with Crippen molar-refractivity contribution < 1.29 is 31.2 Å². The normalized spacial score (nSPS) is 19.5. The summed E-state index contributed by atoms with van der Waals surface area (Å²) in [6.45, 7) is 5.39. The standard InChI is InChI=1S/C18H22F3N3O4S/c1-11(2)14-9-12(3)24(17(25)16(14)22-28-4)10-13-7-5-6-8-15(13)23-29(26,27)18(19,20)21/h5-8,12,23H,9-10H2,1-4H3/b22-16-/t12-/m1/s1. The van der Waals surface area contributed by atoms with Crippen molar-refractivity contribution in [2.24, 2.45) is 5.16 Å². The van der Waals surface area contributed by atoms with E-state index in [1.165, 1.54) is 30.2 Å². The molecule has 0 saturated carbocycles. The van der Waals surface area contributed by atoms with Crippen molar-refractivity contribution in [3.8, 4) is 0 Å². The molecule has 1 aromatic carbocycles. The largest absolute Gasteiger partial charge is 0.516 e. The number of alkyl halides is 3. The van der Waals surface area contributed by atoms with E-state index in [1.54, 1.807) is 17.7 Å². The molecule has 2 rings (SSSR count). The predicted molar refractivity (Wildman–Crippen MR) is 102 cm³/mol. The van der Waals surface area contributed by atoms with Gasteiger partial charge in [0.25, 0.3) is 5.91 Å². The fourth-order valence-corrected chi connectivity index (χ4v) is 3.57. The van der Waals surface area contributed by atoms with Gasteiger partial charge in [-0.05, 0) is 44.4 Å². The second kappa shape index (κ2) is 8.44. The number of anilines is 1. The fourth-order valence-electron chi connectivity index (χ4n) is 2.97. The Hall–Kier alpha value is -2.56. The van der Waals surface area contributed by atoms with E-state index in [0.29, 0.717) is 6.42 Å². The first-order valence-electron chi connectivity index (χ1n) is 8.65. The molecule has 0 aromatic heterocycles. The van der Waals surface area contributed by atoms with Crippen LogP contribution in [0.5, 0.6) is 0 Å². The maximum Gasteiger partial charge on any atom is 0.516 e. The van der Waals surface area contributed by atoms with Crippen molar-refractivity contribution in [1.29, 1.82) is 0 Å². The van der Waals surface area contributed by atoms with Gasteiger partial charge in [-0.15, -0.1) is 0 Å². The summed E-state index contributed by atoms with van der Waals surface area (Å²) in [7, 11) is -4.27. The molecule has 1 aliphatic rings. The maximum absolute atomic E-state index is 13.0. The molecule has 1 N–H and O–H groups in total. The number of nitrogens with one attached hydrogen (secondary N) is 1. The van der Waals surface area contributed by atoms with E-state index in [-0.39, 0.29) is 29.5 Å². The molecule has 0 spiro atoms. The van der Waals surface area contributed by atoms with Crippen LogP contribution in [0, 0.1) is 0 Å². The molecular weight excluding hydrogens is 411 g/mol. The fraction of sp³-hybridized carbons (Fsp3) is 0.444. The third-order valence-electron chi connectivity index (χ3n) is 4.47. The van der Waals surface area contributed by atoms with Crippen LogP contribution < -0.4 is 4.72 Å². The topological polar surface area (TPSA) is 88.1 Å². The molecule has 1 saturated heterocycles. The lowest BCUT2D eigenvalue weighted by molar-refractivity contribution is -0.127.